The number of carbonyl (C=O) groups excluding carboxylic acids is 1. The smallest absolute Gasteiger partial charge is 0.332 e. The Morgan fingerprint density at radius 2 is 2.11 bits per heavy atom. The number of nitrogens with one attached hydrogen (secondary N) is 1. The van der Waals surface area contributed by atoms with Crippen LogP contribution in [-0.2, 0) is 4.79 Å². The largest absolute Gasteiger partial charge is 0.479 e. The van der Waals surface area contributed by atoms with Gasteiger partial charge in [-0.25, -0.2) is 4.79 Å². The molecule has 1 atom stereocenters. The number of halogens is 1. The van der Waals surface area contributed by atoms with Crippen molar-refractivity contribution in [2.24, 2.45) is 0 Å². The minimum absolute atomic E-state index is 0.0233. The van der Waals surface area contributed by atoms with Crippen LogP contribution in [0.15, 0.2) is 22.7 Å². The van der Waals surface area contributed by atoms with Gasteiger partial charge >= 0.3 is 5.97 Å². The van der Waals surface area contributed by atoms with Gasteiger partial charge in [-0.3, -0.25) is 4.79 Å². The van der Waals surface area contributed by atoms with Crippen LogP contribution in [0.3, 0.4) is 0 Å². The molecule has 0 fully saturated rings. The molecular weight excluding hydrogens is 302 g/mol. The number of carbonyl (C=O) groups is 2. The summed E-state index contributed by atoms with van der Waals surface area (Å²) < 4.78 is 0.710. The van der Waals surface area contributed by atoms with E-state index in [-0.39, 0.29) is 18.9 Å². The van der Waals surface area contributed by atoms with E-state index >= 15 is 0 Å². The number of carboxylic acid groups (broad SMARTS) is 1. The number of rotatable bonds is 5. The topological polar surface area (TPSA) is 86.6 Å². The van der Waals surface area contributed by atoms with E-state index in [1.54, 1.807) is 12.1 Å². The Balaban J connectivity index is 2.56. The molecule has 3 N–H and O–H groups in total. The first-order chi connectivity index (χ1) is 8.43. The van der Waals surface area contributed by atoms with E-state index < -0.39 is 12.1 Å². The second-order valence-electron chi connectivity index (χ2n) is 3.84. The summed E-state index contributed by atoms with van der Waals surface area (Å²) in [5.41, 5.74) is 1.42. The number of aryl methyl sites for hydroxylation is 1. The third-order valence-corrected chi connectivity index (χ3v) is 3.48. The lowest BCUT2D eigenvalue weighted by atomic mass is 10.1. The highest BCUT2D eigenvalue weighted by Crippen LogP contribution is 2.20. The molecule has 0 aliphatic carbocycles. The molecule has 1 aromatic carbocycles. The van der Waals surface area contributed by atoms with Crippen LogP contribution in [0, 0.1) is 6.92 Å². The molecule has 98 valence electrons. The predicted molar refractivity (Wildman–Crippen MR) is 69.5 cm³/mol. The van der Waals surface area contributed by atoms with Crippen molar-refractivity contribution < 1.29 is 19.8 Å². The number of amides is 1. The van der Waals surface area contributed by atoms with Gasteiger partial charge in [0.15, 0.2) is 6.10 Å². The average molecular weight is 316 g/mol. The van der Waals surface area contributed by atoms with Gasteiger partial charge in [0, 0.05) is 17.4 Å². The maximum absolute atomic E-state index is 11.8. The first-order valence-corrected chi connectivity index (χ1v) is 6.17. The molecule has 5 nitrogen and oxygen atoms in total. The zero-order valence-corrected chi connectivity index (χ0v) is 11.4. The number of hydrogen-bond donors (Lipinski definition) is 3. The lowest BCUT2D eigenvalue weighted by molar-refractivity contribution is -0.146. The summed E-state index contributed by atoms with van der Waals surface area (Å²) >= 11 is 3.32. The standard InChI is InChI=1S/C12H14BrNO4/c1-7-3-2-4-8(10(7)13)11(16)14-6-5-9(15)12(17)18/h2-4,9,15H,5-6H2,1H3,(H,14,16)(H,17,18)/t9-/m0/s1. The van der Waals surface area contributed by atoms with E-state index in [2.05, 4.69) is 21.2 Å². The van der Waals surface area contributed by atoms with E-state index in [9.17, 15) is 9.59 Å². The zero-order valence-electron chi connectivity index (χ0n) is 9.81. The van der Waals surface area contributed by atoms with Crippen molar-refractivity contribution in [1.29, 1.82) is 0 Å². The Kier molecular flexibility index (Phi) is 5.30. The van der Waals surface area contributed by atoms with Gasteiger partial charge < -0.3 is 15.5 Å². The number of aliphatic hydroxyl groups is 1. The summed E-state index contributed by atoms with van der Waals surface area (Å²) in [6.45, 7) is 1.97. The van der Waals surface area contributed by atoms with E-state index in [0.717, 1.165) is 5.56 Å². The van der Waals surface area contributed by atoms with Crippen LogP contribution >= 0.6 is 15.9 Å². The monoisotopic (exact) mass is 315 g/mol. The highest BCUT2D eigenvalue weighted by Gasteiger charge is 2.14. The van der Waals surface area contributed by atoms with Crippen molar-refractivity contribution in [1.82, 2.24) is 5.32 Å². The van der Waals surface area contributed by atoms with E-state index in [0.29, 0.717) is 10.0 Å². The molecule has 0 unspecified atom stereocenters. The molecule has 0 aromatic heterocycles. The molecule has 0 radical (unpaired) electrons. The summed E-state index contributed by atoms with van der Waals surface area (Å²) in [6, 6.07) is 5.30. The highest BCUT2D eigenvalue weighted by atomic mass is 79.9. The SMILES string of the molecule is Cc1cccc(C(=O)NCC[C@H](O)C(=O)O)c1Br. The number of aliphatic carboxylic acids is 1. The van der Waals surface area contributed by atoms with Gasteiger partial charge in [0.1, 0.15) is 0 Å². The number of hydrogen-bond acceptors (Lipinski definition) is 3. The van der Waals surface area contributed by atoms with Gasteiger partial charge in [-0.15, -0.1) is 0 Å². The predicted octanol–water partition coefficient (Wildman–Crippen LogP) is 1.32. The summed E-state index contributed by atoms with van der Waals surface area (Å²) in [6.07, 6.45) is -1.48. The fraction of sp³-hybridized carbons (Fsp3) is 0.333. The summed E-state index contributed by atoms with van der Waals surface area (Å²) in [5.74, 6) is -1.59. The number of benzene rings is 1. The fourth-order valence-corrected chi connectivity index (χ4v) is 1.81. The molecule has 0 aliphatic heterocycles. The number of carboxylic acids is 1. The fourth-order valence-electron chi connectivity index (χ4n) is 1.36. The molecule has 1 aromatic rings. The van der Waals surface area contributed by atoms with Gasteiger partial charge in [-0.2, -0.15) is 0 Å². The lowest BCUT2D eigenvalue weighted by Crippen LogP contribution is -2.30. The Bertz CT molecular complexity index is 461. The lowest BCUT2D eigenvalue weighted by Gasteiger charge is -2.09. The molecule has 1 rings (SSSR count). The molecule has 0 saturated heterocycles. The minimum Gasteiger partial charge on any atom is -0.479 e. The van der Waals surface area contributed by atoms with Crippen LogP contribution in [0.4, 0.5) is 0 Å². The van der Waals surface area contributed by atoms with Crippen molar-refractivity contribution in [3.05, 3.63) is 33.8 Å². The highest BCUT2D eigenvalue weighted by molar-refractivity contribution is 9.10. The minimum atomic E-state index is -1.45. The van der Waals surface area contributed by atoms with Crippen molar-refractivity contribution in [2.45, 2.75) is 19.4 Å². The summed E-state index contributed by atoms with van der Waals surface area (Å²) in [5, 5.41) is 20.1. The molecular formula is C12H14BrNO4. The van der Waals surface area contributed by atoms with Crippen LogP contribution in [0.2, 0.25) is 0 Å². The molecule has 1 amide bonds. The Morgan fingerprint density at radius 3 is 2.72 bits per heavy atom. The second kappa shape index (κ2) is 6.51. The Morgan fingerprint density at radius 1 is 1.44 bits per heavy atom. The van der Waals surface area contributed by atoms with Gasteiger partial charge in [0.25, 0.3) is 5.91 Å². The summed E-state index contributed by atoms with van der Waals surface area (Å²) in [4.78, 5) is 22.2. The number of aliphatic hydroxyl groups excluding tert-OH is 1. The maximum atomic E-state index is 11.8. The van der Waals surface area contributed by atoms with Crippen molar-refractivity contribution in [2.75, 3.05) is 6.54 Å². The van der Waals surface area contributed by atoms with Gasteiger partial charge in [0.2, 0.25) is 0 Å². The molecule has 0 bridgehead atoms. The van der Waals surface area contributed by atoms with Crippen LogP contribution in [0.25, 0.3) is 0 Å². The Hall–Kier alpha value is -1.40. The molecule has 6 heteroatoms. The second-order valence-corrected chi connectivity index (χ2v) is 4.63. The van der Waals surface area contributed by atoms with E-state index in [1.165, 1.54) is 0 Å². The first kappa shape index (κ1) is 14.7. The normalized spacial score (nSPS) is 11.9. The quantitative estimate of drug-likeness (QED) is 0.765. The third-order valence-electron chi connectivity index (χ3n) is 2.42. The average Bonchev–Trinajstić information content (AvgIpc) is 2.32. The maximum Gasteiger partial charge on any atom is 0.332 e. The molecule has 0 aliphatic rings. The molecule has 0 spiro atoms. The van der Waals surface area contributed by atoms with Crippen LogP contribution < -0.4 is 5.32 Å². The molecule has 18 heavy (non-hydrogen) atoms. The van der Waals surface area contributed by atoms with Crippen LogP contribution in [0.5, 0.6) is 0 Å². The summed E-state index contributed by atoms with van der Waals surface area (Å²) in [7, 11) is 0. The molecule has 0 saturated carbocycles. The van der Waals surface area contributed by atoms with Crippen molar-refractivity contribution in [3.63, 3.8) is 0 Å². The Labute approximate surface area is 113 Å². The van der Waals surface area contributed by atoms with Gasteiger partial charge in [0.05, 0.1) is 5.56 Å². The van der Waals surface area contributed by atoms with Gasteiger partial charge in [-0.1, -0.05) is 12.1 Å². The zero-order chi connectivity index (χ0) is 13.7. The van der Waals surface area contributed by atoms with Crippen molar-refractivity contribution >= 4 is 27.8 Å². The van der Waals surface area contributed by atoms with Crippen molar-refractivity contribution in [3.8, 4) is 0 Å². The van der Waals surface area contributed by atoms with Gasteiger partial charge in [-0.05, 0) is 34.5 Å². The third kappa shape index (κ3) is 3.82. The van der Waals surface area contributed by atoms with Crippen LogP contribution in [0.1, 0.15) is 22.3 Å². The van der Waals surface area contributed by atoms with E-state index in [1.807, 2.05) is 13.0 Å². The van der Waals surface area contributed by atoms with E-state index in [4.69, 9.17) is 10.2 Å². The molecule has 0 heterocycles. The first-order valence-electron chi connectivity index (χ1n) is 5.37. The van der Waals surface area contributed by atoms with Crippen LogP contribution in [-0.4, -0.2) is 34.7 Å².